The van der Waals surface area contributed by atoms with Gasteiger partial charge in [0.25, 0.3) is 5.91 Å². The SMILES string of the molecule is CC(C)(C)Nc1cccc(NC(=O)c2cccc3c2OCO3)c1.[HH].[HH]. The molecule has 0 atom stereocenters. The quantitative estimate of drug-likeness (QED) is 0.882. The number of ether oxygens (including phenoxy) is 2. The highest BCUT2D eigenvalue weighted by atomic mass is 16.7. The van der Waals surface area contributed by atoms with E-state index in [0.29, 0.717) is 17.1 Å². The van der Waals surface area contributed by atoms with Gasteiger partial charge in [-0.3, -0.25) is 4.79 Å². The number of carbonyl (C=O) groups is 1. The number of benzene rings is 2. The molecular weight excluding hydrogens is 292 g/mol. The minimum Gasteiger partial charge on any atom is -0.454 e. The molecule has 0 saturated heterocycles. The van der Waals surface area contributed by atoms with Crippen molar-refractivity contribution in [3.8, 4) is 11.5 Å². The molecule has 0 aromatic heterocycles. The Kier molecular flexibility index (Phi) is 3.86. The van der Waals surface area contributed by atoms with E-state index in [0.717, 1.165) is 11.4 Å². The van der Waals surface area contributed by atoms with E-state index in [4.69, 9.17) is 9.47 Å². The highest BCUT2D eigenvalue weighted by molar-refractivity contribution is 6.07. The lowest BCUT2D eigenvalue weighted by atomic mass is 10.1. The van der Waals surface area contributed by atoms with Gasteiger partial charge in [-0.2, -0.15) is 0 Å². The minimum atomic E-state index is -0.222. The predicted molar refractivity (Wildman–Crippen MR) is 94.6 cm³/mol. The molecule has 124 valence electrons. The van der Waals surface area contributed by atoms with Crippen LogP contribution in [0.25, 0.3) is 0 Å². The summed E-state index contributed by atoms with van der Waals surface area (Å²) in [6, 6.07) is 12.9. The van der Waals surface area contributed by atoms with Gasteiger partial charge in [0.2, 0.25) is 6.79 Å². The zero-order chi connectivity index (χ0) is 16.4. The van der Waals surface area contributed by atoms with Gasteiger partial charge in [0.05, 0.1) is 5.56 Å². The Hall–Kier alpha value is -2.69. The van der Waals surface area contributed by atoms with Gasteiger partial charge in [0.1, 0.15) is 0 Å². The fourth-order valence-electron chi connectivity index (χ4n) is 2.42. The molecule has 1 heterocycles. The third-order valence-corrected chi connectivity index (χ3v) is 3.28. The topological polar surface area (TPSA) is 59.6 Å². The van der Waals surface area contributed by atoms with Crippen LogP contribution in [0.2, 0.25) is 0 Å². The molecule has 1 aliphatic rings. The van der Waals surface area contributed by atoms with Crippen LogP contribution >= 0.6 is 0 Å². The molecule has 1 amide bonds. The lowest BCUT2D eigenvalue weighted by Gasteiger charge is -2.22. The number of carbonyl (C=O) groups excluding carboxylic acids is 1. The van der Waals surface area contributed by atoms with Crippen molar-refractivity contribution >= 4 is 17.3 Å². The average Bonchev–Trinajstić information content (AvgIpc) is 2.93. The Balaban J connectivity index is 0.00000156. The minimum absolute atomic E-state index is 0. The van der Waals surface area contributed by atoms with Gasteiger partial charge in [-0.1, -0.05) is 12.1 Å². The van der Waals surface area contributed by atoms with E-state index >= 15 is 0 Å². The number of anilines is 2. The Morgan fingerprint density at radius 3 is 2.61 bits per heavy atom. The van der Waals surface area contributed by atoms with Gasteiger partial charge in [-0.05, 0) is 51.1 Å². The standard InChI is InChI=1S/C18H20N2O3.2H2/c1-18(2,3)20-13-7-4-6-12(10-13)19-17(21)14-8-5-9-15-16(14)23-11-22-15;;/h4-10,20H,11H2,1-3H3,(H,19,21);2*1H. The van der Waals surface area contributed by atoms with Gasteiger partial charge in [-0.15, -0.1) is 0 Å². The average molecular weight is 316 g/mol. The van der Waals surface area contributed by atoms with Gasteiger partial charge in [0, 0.05) is 19.8 Å². The van der Waals surface area contributed by atoms with E-state index in [2.05, 4.69) is 31.4 Å². The summed E-state index contributed by atoms with van der Waals surface area (Å²) in [7, 11) is 0. The highest BCUT2D eigenvalue weighted by Gasteiger charge is 2.21. The zero-order valence-electron chi connectivity index (χ0n) is 13.5. The summed E-state index contributed by atoms with van der Waals surface area (Å²) in [5, 5.41) is 6.28. The molecule has 0 spiro atoms. The van der Waals surface area contributed by atoms with Crippen molar-refractivity contribution in [2.75, 3.05) is 17.4 Å². The molecule has 0 radical (unpaired) electrons. The van der Waals surface area contributed by atoms with Crippen LogP contribution in [0.3, 0.4) is 0 Å². The summed E-state index contributed by atoms with van der Waals surface area (Å²) in [6.45, 7) is 6.40. The number of fused-ring (bicyclic) bond motifs is 1. The summed E-state index contributed by atoms with van der Waals surface area (Å²) in [4.78, 5) is 12.5. The van der Waals surface area contributed by atoms with E-state index < -0.39 is 0 Å². The van der Waals surface area contributed by atoms with Gasteiger partial charge in [-0.25, -0.2) is 0 Å². The first kappa shape index (κ1) is 15.2. The van der Waals surface area contributed by atoms with E-state index in [1.807, 2.05) is 24.3 Å². The Morgan fingerprint density at radius 2 is 1.83 bits per heavy atom. The maximum absolute atomic E-state index is 12.5. The lowest BCUT2D eigenvalue weighted by molar-refractivity contribution is 0.102. The molecule has 5 nitrogen and oxygen atoms in total. The maximum atomic E-state index is 12.5. The molecule has 0 saturated carbocycles. The van der Waals surface area contributed by atoms with Gasteiger partial charge >= 0.3 is 0 Å². The number of hydrogen-bond donors (Lipinski definition) is 2. The van der Waals surface area contributed by atoms with Crippen LogP contribution in [0.1, 0.15) is 34.0 Å². The number of para-hydroxylation sites is 1. The number of hydrogen-bond acceptors (Lipinski definition) is 4. The summed E-state index contributed by atoms with van der Waals surface area (Å²) < 4.78 is 10.7. The fourth-order valence-corrected chi connectivity index (χ4v) is 2.42. The molecule has 2 N–H and O–H groups in total. The summed E-state index contributed by atoms with van der Waals surface area (Å²) in [5.41, 5.74) is 2.09. The largest absolute Gasteiger partial charge is 0.454 e. The first-order valence-electron chi connectivity index (χ1n) is 7.51. The maximum Gasteiger partial charge on any atom is 0.259 e. The second-order valence-corrected chi connectivity index (χ2v) is 6.45. The zero-order valence-corrected chi connectivity index (χ0v) is 13.5. The van der Waals surface area contributed by atoms with Gasteiger partial charge in [0.15, 0.2) is 11.5 Å². The summed E-state index contributed by atoms with van der Waals surface area (Å²) in [5.74, 6) is 0.870. The Bertz CT molecular complexity index is 745. The van der Waals surface area contributed by atoms with E-state index in [-0.39, 0.29) is 21.1 Å². The molecule has 3 rings (SSSR count). The van der Waals surface area contributed by atoms with Crippen LogP contribution in [0, 0.1) is 0 Å². The number of amides is 1. The van der Waals surface area contributed by atoms with Crippen LogP contribution in [0.4, 0.5) is 11.4 Å². The van der Waals surface area contributed by atoms with E-state index in [1.165, 1.54) is 0 Å². The van der Waals surface area contributed by atoms with Crippen molar-refractivity contribution in [1.82, 2.24) is 0 Å². The molecule has 5 heteroatoms. The molecule has 23 heavy (non-hydrogen) atoms. The van der Waals surface area contributed by atoms with Crippen molar-refractivity contribution in [3.63, 3.8) is 0 Å². The molecule has 0 aliphatic carbocycles. The first-order chi connectivity index (χ1) is 10.9. The van der Waals surface area contributed by atoms with Crippen LogP contribution in [0.15, 0.2) is 42.5 Å². The first-order valence-corrected chi connectivity index (χ1v) is 7.51. The Labute approximate surface area is 138 Å². The molecule has 2 aromatic rings. The molecule has 1 aliphatic heterocycles. The van der Waals surface area contributed by atoms with Crippen LogP contribution < -0.4 is 20.1 Å². The third kappa shape index (κ3) is 3.56. The van der Waals surface area contributed by atoms with Gasteiger partial charge < -0.3 is 20.1 Å². The number of rotatable bonds is 3. The summed E-state index contributed by atoms with van der Waals surface area (Å²) >= 11 is 0. The third-order valence-electron chi connectivity index (χ3n) is 3.28. The monoisotopic (exact) mass is 316 g/mol. The molecule has 2 aromatic carbocycles. The van der Waals surface area contributed by atoms with Crippen molar-refractivity contribution in [1.29, 1.82) is 0 Å². The lowest BCUT2D eigenvalue weighted by Crippen LogP contribution is -2.26. The van der Waals surface area contributed by atoms with Crippen molar-refractivity contribution in [2.24, 2.45) is 0 Å². The van der Waals surface area contributed by atoms with Crippen LogP contribution in [-0.2, 0) is 0 Å². The smallest absolute Gasteiger partial charge is 0.259 e. The second kappa shape index (κ2) is 5.83. The van der Waals surface area contributed by atoms with Crippen LogP contribution in [-0.4, -0.2) is 18.2 Å². The highest BCUT2D eigenvalue weighted by Crippen LogP contribution is 2.35. The predicted octanol–water partition coefficient (Wildman–Crippen LogP) is 4.37. The normalized spacial score (nSPS) is 12.8. The number of nitrogens with one attached hydrogen (secondary N) is 2. The fraction of sp³-hybridized carbons (Fsp3) is 0.278. The molecule has 0 unspecified atom stereocenters. The molecule has 0 fully saturated rings. The van der Waals surface area contributed by atoms with Crippen LogP contribution in [0.5, 0.6) is 11.5 Å². The van der Waals surface area contributed by atoms with Crippen molar-refractivity contribution < 1.29 is 17.1 Å². The van der Waals surface area contributed by atoms with E-state index in [9.17, 15) is 4.79 Å². The molecular formula is C18H24N2O3. The summed E-state index contributed by atoms with van der Waals surface area (Å²) in [6.07, 6.45) is 0. The van der Waals surface area contributed by atoms with Crippen molar-refractivity contribution in [3.05, 3.63) is 48.0 Å². The van der Waals surface area contributed by atoms with Crippen molar-refractivity contribution in [2.45, 2.75) is 26.3 Å². The Morgan fingerprint density at radius 1 is 1.09 bits per heavy atom. The second-order valence-electron chi connectivity index (χ2n) is 6.45. The van der Waals surface area contributed by atoms with E-state index in [1.54, 1.807) is 18.2 Å². The molecule has 0 bridgehead atoms.